The average molecular weight is 555 g/mol. The van der Waals surface area contributed by atoms with Crippen LogP contribution in [0.3, 0.4) is 0 Å². The Morgan fingerprint density at radius 1 is 1.07 bits per heavy atom. The van der Waals surface area contributed by atoms with Crippen LogP contribution < -0.4 is 5.32 Å². The van der Waals surface area contributed by atoms with Crippen LogP contribution >= 0.6 is 0 Å². The maximum atomic E-state index is 11.6. The Kier molecular flexibility index (Phi) is 10.3. The number of piperidine rings is 1. The van der Waals surface area contributed by atoms with Gasteiger partial charge in [-0.25, -0.2) is 0 Å². The topological polar surface area (TPSA) is 188 Å². The van der Waals surface area contributed by atoms with E-state index in [0.29, 0.717) is 37.5 Å². The summed E-state index contributed by atoms with van der Waals surface area (Å²) in [4.78, 5) is 15.6. The predicted molar refractivity (Wildman–Crippen MR) is 151 cm³/mol. The number of rotatable bonds is 11. The third kappa shape index (κ3) is 7.08. The van der Waals surface area contributed by atoms with E-state index in [9.17, 15) is 30.5 Å². The number of β-amino-alcohol motifs (C(OH)–C–C–N with tert-alkyl or cyclic N) is 1. The molecule has 0 radical (unpaired) electrons. The molecular formula is C28H38N6O6. The highest BCUT2D eigenvalue weighted by atomic mass is 16.6. The average Bonchev–Trinajstić information content (AvgIpc) is 2.96. The number of nitro benzene ring substituents is 1. The Morgan fingerprint density at radius 2 is 1.85 bits per heavy atom. The molecule has 0 amide bonds. The van der Waals surface area contributed by atoms with Gasteiger partial charge >= 0.3 is 0 Å². The Bertz CT molecular complexity index is 1220. The number of nitro groups is 1. The lowest BCUT2D eigenvalue weighted by Gasteiger charge is -2.43. The maximum absolute atomic E-state index is 11.6. The van der Waals surface area contributed by atoms with E-state index < -0.39 is 29.3 Å². The van der Waals surface area contributed by atoms with Crippen LogP contribution in [-0.2, 0) is 12.8 Å². The Morgan fingerprint density at radius 3 is 2.55 bits per heavy atom. The number of anilines is 1. The quantitative estimate of drug-likeness (QED) is 0.0916. The van der Waals surface area contributed by atoms with Crippen LogP contribution in [0.25, 0.3) is 10.4 Å². The van der Waals surface area contributed by atoms with Gasteiger partial charge in [0.05, 0.1) is 23.7 Å². The first kappa shape index (κ1) is 29.7. The number of azide groups is 1. The zero-order valence-electron chi connectivity index (χ0n) is 22.5. The van der Waals surface area contributed by atoms with Crippen LogP contribution in [0.2, 0.25) is 0 Å². The van der Waals surface area contributed by atoms with E-state index in [-0.39, 0.29) is 24.5 Å². The molecular weight excluding hydrogens is 516 g/mol. The standard InChI is InChI=1S/C28H38N6O6/c29-32-31-21-7-9-23(24(15-21)34(39)40)30-12-10-20-14-18(6-8-22(20)19-4-2-1-3-5-19)11-13-33-16-26(36)28(38)27(37)25(33)17-35/h6-9,14-15,19,25-28,30,35-38H,1-5,10-13,16-17H2/t25-,26+,27-,28-/m1/s1. The molecule has 0 bridgehead atoms. The molecule has 5 N–H and O–H groups in total. The van der Waals surface area contributed by atoms with Gasteiger partial charge in [0.1, 0.15) is 17.9 Å². The molecule has 4 atom stereocenters. The molecule has 40 heavy (non-hydrogen) atoms. The molecule has 1 saturated carbocycles. The van der Waals surface area contributed by atoms with Gasteiger partial charge in [0.15, 0.2) is 0 Å². The zero-order valence-corrected chi connectivity index (χ0v) is 22.5. The van der Waals surface area contributed by atoms with Crippen LogP contribution in [0.5, 0.6) is 0 Å². The first-order valence-corrected chi connectivity index (χ1v) is 13.9. The van der Waals surface area contributed by atoms with E-state index in [1.54, 1.807) is 6.07 Å². The summed E-state index contributed by atoms with van der Waals surface area (Å²) in [5.41, 5.74) is 12.6. The third-order valence-corrected chi connectivity index (χ3v) is 8.20. The van der Waals surface area contributed by atoms with Crippen molar-refractivity contribution in [1.29, 1.82) is 0 Å². The van der Waals surface area contributed by atoms with E-state index in [1.165, 1.54) is 42.5 Å². The third-order valence-electron chi connectivity index (χ3n) is 8.20. The van der Waals surface area contributed by atoms with E-state index in [0.717, 1.165) is 18.4 Å². The summed E-state index contributed by atoms with van der Waals surface area (Å²) in [6.45, 7) is 0.812. The summed E-state index contributed by atoms with van der Waals surface area (Å²) in [5, 5.41) is 58.4. The highest BCUT2D eigenvalue weighted by Gasteiger charge is 2.40. The molecule has 4 rings (SSSR count). The van der Waals surface area contributed by atoms with Crippen molar-refractivity contribution in [3.63, 3.8) is 0 Å². The fourth-order valence-electron chi connectivity index (χ4n) is 6.02. The van der Waals surface area contributed by atoms with E-state index >= 15 is 0 Å². The van der Waals surface area contributed by atoms with Crippen molar-refractivity contribution >= 4 is 17.1 Å². The first-order valence-electron chi connectivity index (χ1n) is 13.9. The molecule has 1 aliphatic heterocycles. The molecule has 0 aromatic heterocycles. The smallest absolute Gasteiger partial charge is 0.292 e. The van der Waals surface area contributed by atoms with Gasteiger partial charge < -0.3 is 25.7 Å². The summed E-state index contributed by atoms with van der Waals surface area (Å²) >= 11 is 0. The van der Waals surface area contributed by atoms with Crippen LogP contribution in [0.4, 0.5) is 17.1 Å². The monoisotopic (exact) mass is 554 g/mol. The fourth-order valence-corrected chi connectivity index (χ4v) is 6.02. The van der Waals surface area contributed by atoms with Crippen LogP contribution in [0.15, 0.2) is 41.5 Å². The van der Waals surface area contributed by atoms with Crippen LogP contribution in [-0.4, -0.2) is 80.8 Å². The summed E-state index contributed by atoms with van der Waals surface area (Å²) in [7, 11) is 0. The lowest BCUT2D eigenvalue weighted by molar-refractivity contribution is -0.383. The van der Waals surface area contributed by atoms with E-state index in [1.807, 2.05) is 4.90 Å². The molecule has 1 aliphatic carbocycles. The molecule has 0 spiro atoms. The van der Waals surface area contributed by atoms with Crippen molar-refractivity contribution in [3.8, 4) is 0 Å². The molecule has 1 heterocycles. The largest absolute Gasteiger partial charge is 0.395 e. The zero-order chi connectivity index (χ0) is 28.6. The number of hydrogen-bond donors (Lipinski definition) is 5. The van der Waals surface area contributed by atoms with Gasteiger partial charge in [-0.05, 0) is 59.9 Å². The highest BCUT2D eigenvalue weighted by Crippen LogP contribution is 2.35. The van der Waals surface area contributed by atoms with E-state index in [4.69, 9.17) is 5.53 Å². The molecule has 12 nitrogen and oxygen atoms in total. The lowest BCUT2D eigenvalue weighted by Crippen LogP contribution is -2.62. The molecule has 2 aliphatic rings. The molecule has 12 heteroatoms. The second-order valence-corrected chi connectivity index (χ2v) is 10.7. The molecule has 1 saturated heterocycles. The van der Waals surface area contributed by atoms with Crippen molar-refractivity contribution in [2.75, 3.05) is 31.6 Å². The fraction of sp³-hybridized carbons (Fsp3) is 0.571. The summed E-state index contributed by atoms with van der Waals surface area (Å²) in [5.74, 6) is 0.475. The second kappa shape index (κ2) is 13.9. The van der Waals surface area contributed by atoms with Gasteiger partial charge in [0.25, 0.3) is 5.69 Å². The van der Waals surface area contributed by atoms with Gasteiger partial charge in [-0.3, -0.25) is 15.0 Å². The van der Waals surface area contributed by atoms with Crippen molar-refractivity contribution < 1.29 is 25.3 Å². The maximum Gasteiger partial charge on any atom is 0.292 e. The predicted octanol–water partition coefficient (Wildman–Crippen LogP) is 3.54. The number of likely N-dealkylation sites (tertiary alicyclic amines) is 1. The minimum Gasteiger partial charge on any atom is -0.395 e. The number of nitrogens with zero attached hydrogens (tertiary/aromatic N) is 5. The van der Waals surface area contributed by atoms with Gasteiger partial charge in [-0.2, -0.15) is 0 Å². The molecule has 2 aromatic rings. The second-order valence-electron chi connectivity index (χ2n) is 10.7. The van der Waals surface area contributed by atoms with Gasteiger partial charge in [0.2, 0.25) is 0 Å². The van der Waals surface area contributed by atoms with E-state index in [2.05, 4.69) is 33.5 Å². The highest BCUT2D eigenvalue weighted by molar-refractivity contribution is 5.66. The molecule has 216 valence electrons. The van der Waals surface area contributed by atoms with Gasteiger partial charge in [0, 0.05) is 36.3 Å². The number of aliphatic hydroxyl groups excluding tert-OH is 4. The first-order chi connectivity index (χ1) is 19.3. The lowest BCUT2D eigenvalue weighted by atomic mass is 9.81. The van der Waals surface area contributed by atoms with Crippen LogP contribution in [0.1, 0.15) is 54.7 Å². The number of benzene rings is 2. The van der Waals surface area contributed by atoms with Crippen molar-refractivity contribution in [3.05, 3.63) is 73.6 Å². The van der Waals surface area contributed by atoms with Crippen LogP contribution in [0, 0.1) is 10.1 Å². The minimum atomic E-state index is -1.28. The number of aliphatic hydroxyl groups is 4. The SMILES string of the molecule is [N-]=[N+]=Nc1ccc(NCCc2cc(CCN3C[C@H](O)[C@@H](O)[C@H](O)[C@H]3CO)ccc2C2CCCCC2)c([N+](=O)[O-])c1. The summed E-state index contributed by atoms with van der Waals surface area (Å²) in [6, 6.07) is 10.2. The van der Waals surface area contributed by atoms with Gasteiger partial charge in [-0.15, -0.1) is 0 Å². The Balaban J connectivity index is 1.49. The minimum absolute atomic E-state index is 0.152. The normalized spacial score (nSPS) is 23.9. The summed E-state index contributed by atoms with van der Waals surface area (Å²) < 4.78 is 0. The molecule has 2 fully saturated rings. The van der Waals surface area contributed by atoms with Crippen molar-refractivity contribution in [1.82, 2.24) is 4.90 Å². The Labute approximate surface area is 233 Å². The Hall–Kier alpha value is -3.25. The van der Waals surface area contributed by atoms with Gasteiger partial charge in [-0.1, -0.05) is 48.6 Å². The summed E-state index contributed by atoms with van der Waals surface area (Å²) in [6.07, 6.45) is 3.59. The van der Waals surface area contributed by atoms with Crippen molar-refractivity contribution in [2.45, 2.75) is 75.2 Å². The molecule has 2 aromatic carbocycles. The molecule has 0 unspecified atom stereocenters. The van der Waals surface area contributed by atoms with Crippen molar-refractivity contribution in [2.24, 2.45) is 5.11 Å². The number of hydrogen-bond acceptors (Lipinski definition) is 9. The number of nitrogens with one attached hydrogen (secondary N) is 1.